The fraction of sp³-hybridized carbons (Fsp3) is 0.208. The Morgan fingerprint density at radius 1 is 1.11 bits per heavy atom. The second-order valence-corrected chi connectivity index (χ2v) is 7.92. The number of nitrogens with zero attached hydrogens (tertiary/aromatic N) is 5. The van der Waals surface area contributed by atoms with Gasteiger partial charge in [0.1, 0.15) is 22.9 Å². The Morgan fingerprint density at radius 3 is 2.47 bits per heavy atom. The molecule has 3 N–H and O–H groups in total. The molecule has 186 valence electrons. The predicted molar refractivity (Wildman–Crippen MR) is 127 cm³/mol. The summed E-state index contributed by atoms with van der Waals surface area (Å²) >= 11 is 0. The Labute approximate surface area is 204 Å². The molecule has 0 spiro atoms. The number of methoxy groups -OCH3 is 1. The lowest BCUT2D eigenvalue weighted by Crippen LogP contribution is -2.31. The molecule has 0 aliphatic rings. The zero-order valence-electron chi connectivity index (χ0n) is 19.4. The zero-order valence-corrected chi connectivity index (χ0v) is 19.4. The zero-order chi connectivity index (χ0) is 25.9. The molecule has 1 unspecified atom stereocenters. The van der Waals surface area contributed by atoms with Crippen molar-refractivity contribution in [1.82, 2.24) is 24.3 Å². The molecule has 1 aromatic carbocycles. The van der Waals surface area contributed by atoms with E-state index in [2.05, 4.69) is 20.4 Å². The molecule has 3 aromatic heterocycles. The van der Waals surface area contributed by atoms with Gasteiger partial charge in [-0.15, -0.1) is 0 Å². The van der Waals surface area contributed by atoms with E-state index in [0.29, 0.717) is 28.8 Å². The van der Waals surface area contributed by atoms with Gasteiger partial charge in [0.15, 0.2) is 0 Å². The van der Waals surface area contributed by atoms with Crippen LogP contribution in [0.5, 0.6) is 5.75 Å². The average Bonchev–Trinajstić information content (AvgIpc) is 3.26. The van der Waals surface area contributed by atoms with Crippen molar-refractivity contribution < 1.29 is 17.9 Å². The van der Waals surface area contributed by atoms with Crippen LogP contribution in [0.2, 0.25) is 0 Å². The lowest BCUT2D eigenvalue weighted by molar-refractivity contribution is -0.149. The number of aryl methyl sites for hydroxylation is 1. The Kier molecular flexibility index (Phi) is 6.86. The van der Waals surface area contributed by atoms with Crippen LogP contribution in [0, 0.1) is 10.8 Å². The van der Waals surface area contributed by atoms with E-state index in [0.717, 1.165) is 4.57 Å². The van der Waals surface area contributed by atoms with E-state index in [1.807, 2.05) is 0 Å². The standard InChI is InChI=1S/C24H23F3N8O/c1-34-22(8-11-31-34)33-23-30-10-7-19(32-23)16-9-12-35(20(28)13-16)21(29)14-18(24(25,26)27)15-3-5-17(36-2)6-4-15/h3-13,18,28-29H,14H2,1-2H3,(H,30,32,33). The first-order chi connectivity index (χ1) is 17.2. The van der Waals surface area contributed by atoms with Crippen LogP contribution >= 0.6 is 0 Å². The summed E-state index contributed by atoms with van der Waals surface area (Å²) in [6.45, 7) is 0. The molecule has 0 radical (unpaired) electrons. The van der Waals surface area contributed by atoms with Crippen molar-refractivity contribution >= 4 is 17.6 Å². The largest absolute Gasteiger partial charge is 0.497 e. The fourth-order valence-corrected chi connectivity index (χ4v) is 3.64. The SMILES string of the molecule is COc1ccc(C(CC(=N)n2ccc(-c3ccnc(Nc4ccnn4C)n3)cc2=N)C(F)(F)F)cc1. The van der Waals surface area contributed by atoms with Crippen molar-refractivity contribution in [3.05, 3.63) is 78.2 Å². The van der Waals surface area contributed by atoms with Crippen molar-refractivity contribution in [3.8, 4) is 17.0 Å². The number of pyridine rings is 1. The topological polar surface area (TPSA) is 117 Å². The third-order valence-electron chi connectivity index (χ3n) is 5.57. The maximum atomic E-state index is 13.8. The maximum Gasteiger partial charge on any atom is 0.396 e. The maximum absolute atomic E-state index is 13.8. The molecule has 12 heteroatoms. The minimum Gasteiger partial charge on any atom is -0.497 e. The number of rotatable bonds is 7. The van der Waals surface area contributed by atoms with Crippen LogP contribution in [0.25, 0.3) is 11.3 Å². The van der Waals surface area contributed by atoms with Crippen LogP contribution in [0.15, 0.2) is 67.1 Å². The third-order valence-corrected chi connectivity index (χ3v) is 5.57. The normalized spacial score (nSPS) is 12.2. The molecule has 0 aliphatic heterocycles. The molecule has 0 aliphatic carbocycles. The third kappa shape index (κ3) is 5.43. The van der Waals surface area contributed by atoms with Gasteiger partial charge in [0.2, 0.25) is 5.95 Å². The van der Waals surface area contributed by atoms with Crippen molar-refractivity contribution in [2.75, 3.05) is 12.4 Å². The average molecular weight is 496 g/mol. The van der Waals surface area contributed by atoms with Gasteiger partial charge in [-0.1, -0.05) is 12.1 Å². The lowest BCUT2D eigenvalue weighted by Gasteiger charge is -2.22. The van der Waals surface area contributed by atoms with E-state index >= 15 is 0 Å². The van der Waals surface area contributed by atoms with Crippen molar-refractivity contribution in [3.63, 3.8) is 0 Å². The number of aromatic nitrogens is 5. The highest BCUT2D eigenvalue weighted by atomic mass is 19.4. The molecule has 9 nitrogen and oxygen atoms in total. The van der Waals surface area contributed by atoms with Crippen molar-refractivity contribution in [2.24, 2.45) is 7.05 Å². The van der Waals surface area contributed by atoms with E-state index in [1.54, 1.807) is 42.3 Å². The number of benzene rings is 1. The summed E-state index contributed by atoms with van der Waals surface area (Å²) in [7, 11) is 3.20. The Hall–Kier alpha value is -4.48. The van der Waals surface area contributed by atoms with Gasteiger partial charge in [-0.25, -0.2) is 9.97 Å². The molecule has 1 atom stereocenters. The highest BCUT2D eigenvalue weighted by Gasteiger charge is 2.41. The van der Waals surface area contributed by atoms with E-state index < -0.39 is 18.5 Å². The molecule has 0 amide bonds. The second kappa shape index (κ2) is 10.0. The summed E-state index contributed by atoms with van der Waals surface area (Å²) in [5.74, 6) is -0.809. The number of nitrogens with one attached hydrogen (secondary N) is 3. The minimum absolute atomic E-state index is 0.0197. The van der Waals surface area contributed by atoms with Crippen molar-refractivity contribution in [2.45, 2.75) is 18.5 Å². The van der Waals surface area contributed by atoms with E-state index in [1.165, 1.54) is 43.6 Å². The van der Waals surface area contributed by atoms with Gasteiger partial charge in [0.25, 0.3) is 0 Å². The summed E-state index contributed by atoms with van der Waals surface area (Å²) in [4.78, 5) is 8.62. The Bertz CT molecular complexity index is 1430. The monoisotopic (exact) mass is 496 g/mol. The van der Waals surface area contributed by atoms with Gasteiger partial charge in [-0.3, -0.25) is 20.1 Å². The van der Waals surface area contributed by atoms with Crippen LogP contribution in [0.1, 0.15) is 17.9 Å². The number of anilines is 2. The minimum atomic E-state index is -4.57. The molecule has 36 heavy (non-hydrogen) atoms. The first kappa shape index (κ1) is 24.6. The number of halogens is 3. The number of hydrogen-bond acceptors (Lipinski definition) is 7. The molecule has 0 saturated carbocycles. The summed E-state index contributed by atoms with van der Waals surface area (Å²) in [5, 5.41) is 23.8. The second-order valence-electron chi connectivity index (χ2n) is 7.92. The van der Waals surface area contributed by atoms with Gasteiger partial charge in [0.05, 0.1) is 24.9 Å². The van der Waals surface area contributed by atoms with Crippen LogP contribution in [0.3, 0.4) is 0 Å². The van der Waals surface area contributed by atoms with Gasteiger partial charge < -0.3 is 10.1 Å². The summed E-state index contributed by atoms with van der Waals surface area (Å²) in [5.41, 5.74) is 0.939. The lowest BCUT2D eigenvalue weighted by atomic mass is 9.94. The quantitative estimate of drug-likeness (QED) is 0.258. The molecule has 0 saturated heterocycles. The van der Waals surface area contributed by atoms with Crippen LogP contribution in [0.4, 0.5) is 24.9 Å². The van der Waals surface area contributed by atoms with Gasteiger partial charge in [-0.05, 0) is 35.9 Å². The van der Waals surface area contributed by atoms with Gasteiger partial charge in [0, 0.05) is 37.5 Å². The van der Waals surface area contributed by atoms with Crippen LogP contribution in [-0.2, 0) is 7.05 Å². The highest BCUT2D eigenvalue weighted by molar-refractivity contribution is 5.82. The molecule has 4 rings (SSSR count). The Morgan fingerprint density at radius 2 is 1.86 bits per heavy atom. The van der Waals surface area contributed by atoms with E-state index in [9.17, 15) is 13.2 Å². The number of alkyl halides is 3. The van der Waals surface area contributed by atoms with E-state index in [4.69, 9.17) is 15.6 Å². The molecule has 0 bridgehead atoms. The molecule has 3 heterocycles. The summed E-state index contributed by atoms with van der Waals surface area (Å²) < 4.78 is 49.3. The van der Waals surface area contributed by atoms with Gasteiger partial charge in [-0.2, -0.15) is 18.3 Å². The smallest absolute Gasteiger partial charge is 0.396 e. The molecular formula is C24H23F3N8O. The Balaban J connectivity index is 1.56. The number of ether oxygens (including phenoxy) is 1. The fourth-order valence-electron chi connectivity index (χ4n) is 3.64. The van der Waals surface area contributed by atoms with Crippen molar-refractivity contribution in [1.29, 1.82) is 10.8 Å². The first-order valence-electron chi connectivity index (χ1n) is 10.8. The number of hydrogen-bond donors (Lipinski definition) is 3. The van der Waals surface area contributed by atoms with Crippen LogP contribution in [-0.4, -0.2) is 43.4 Å². The molecule has 0 fully saturated rings. The molecular weight excluding hydrogens is 473 g/mol. The molecule has 4 aromatic rings. The highest BCUT2D eigenvalue weighted by Crippen LogP contribution is 2.38. The summed E-state index contributed by atoms with van der Waals surface area (Å²) in [6.07, 6.45) is -0.616. The predicted octanol–water partition coefficient (Wildman–Crippen LogP) is 4.47. The van der Waals surface area contributed by atoms with Gasteiger partial charge >= 0.3 is 6.18 Å². The van der Waals surface area contributed by atoms with Crippen LogP contribution < -0.4 is 15.5 Å². The van der Waals surface area contributed by atoms with E-state index in [-0.39, 0.29) is 16.9 Å². The summed E-state index contributed by atoms with van der Waals surface area (Å²) in [6, 6.07) is 12.0. The first-order valence-corrected chi connectivity index (χ1v) is 10.8.